The lowest BCUT2D eigenvalue weighted by atomic mass is 9.89. The van der Waals surface area contributed by atoms with Crippen molar-refractivity contribution in [2.45, 2.75) is 51.0 Å². The molecule has 1 aromatic carbocycles. The summed E-state index contributed by atoms with van der Waals surface area (Å²) < 4.78 is 0. The summed E-state index contributed by atoms with van der Waals surface area (Å²) in [5.74, 6) is -0.125. The van der Waals surface area contributed by atoms with Crippen LogP contribution in [-0.2, 0) is 17.6 Å². The number of aliphatic hydroxyl groups excluding tert-OH is 1. The van der Waals surface area contributed by atoms with Crippen LogP contribution in [0.5, 0.6) is 0 Å². The Bertz CT molecular complexity index is 492. The van der Waals surface area contributed by atoms with Crippen molar-refractivity contribution >= 4 is 5.91 Å². The minimum atomic E-state index is -0.986. The first kappa shape index (κ1) is 13.6. The van der Waals surface area contributed by atoms with E-state index in [-0.39, 0.29) is 5.91 Å². The third-order valence-electron chi connectivity index (χ3n) is 4.59. The first-order valence-electron chi connectivity index (χ1n) is 7.84. The smallest absolute Gasteiger partial charge is 0.256 e. The monoisotopic (exact) mass is 273 g/mol. The Morgan fingerprint density at radius 2 is 1.70 bits per heavy atom. The molecule has 1 fully saturated rings. The summed E-state index contributed by atoms with van der Waals surface area (Å²) in [4.78, 5) is 14.2. The van der Waals surface area contributed by atoms with Crippen molar-refractivity contribution in [1.82, 2.24) is 4.90 Å². The molecule has 0 saturated carbocycles. The van der Waals surface area contributed by atoms with E-state index >= 15 is 0 Å². The summed E-state index contributed by atoms with van der Waals surface area (Å²) >= 11 is 0. The quantitative estimate of drug-likeness (QED) is 0.900. The standard InChI is InChI=1S/C17H23NO2/c19-16(17(20)18-10-4-1-5-11-18)15-9-8-13-6-2-3-7-14(13)12-15/h8-9,12,16,19H,1-7,10-11H2. The second-order valence-electron chi connectivity index (χ2n) is 6.02. The number of hydrogen-bond donors (Lipinski definition) is 1. The summed E-state index contributed by atoms with van der Waals surface area (Å²) in [6, 6.07) is 6.06. The van der Waals surface area contributed by atoms with Crippen molar-refractivity contribution in [2.75, 3.05) is 13.1 Å². The summed E-state index contributed by atoms with van der Waals surface area (Å²) in [5.41, 5.74) is 3.47. The number of amides is 1. The molecule has 3 heteroatoms. The van der Waals surface area contributed by atoms with E-state index in [0.717, 1.165) is 44.3 Å². The highest BCUT2D eigenvalue weighted by molar-refractivity contribution is 5.82. The highest BCUT2D eigenvalue weighted by Gasteiger charge is 2.25. The van der Waals surface area contributed by atoms with Gasteiger partial charge in [0.15, 0.2) is 6.10 Å². The van der Waals surface area contributed by atoms with Gasteiger partial charge in [-0.05, 0) is 61.6 Å². The zero-order valence-electron chi connectivity index (χ0n) is 12.0. The predicted molar refractivity (Wildman–Crippen MR) is 78.5 cm³/mol. The maximum atomic E-state index is 12.3. The zero-order chi connectivity index (χ0) is 13.9. The molecular formula is C17H23NO2. The first-order chi connectivity index (χ1) is 9.75. The molecule has 1 atom stereocenters. The third-order valence-corrected chi connectivity index (χ3v) is 4.59. The average Bonchev–Trinajstić information content (AvgIpc) is 2.54. The highest BCUT2D eigenvalue weighted by atomic mass is 16.3. The second kappa shape index (κ2) is 5.96. The fourth-order valence-electron chi connectivity index (χ4n) is 3.35. The minimum absolute atomic E-state index is 0.125. The number of aliphatic hydroxyl groups is 1. The minimum Gasteiger partial charge on any atom is -0.378 e. The van der Waals surface area contributed by atoms with Gasteiger partial charge in [-0.2, -0.15) is 0 Å². The van der Waals surface area contributed by atoms with Gasteiger partial charge in [0.25, 0.3) is 5.91 Å². The Hall–Kier alpha value is -1.35. The number of benzene rings is 1. The highest BCUT2D eigenvalue weighted by Crippen LogP contribution is 2.26. The van der Waals surface area contributed by atoms with Crippen LogP contribution in [0.4, 0.5) is 0 Å². The summed E-state index contributed by atoms with van der Waals surface area (Å²) in [6.07, 6.45) is 7.00. The summed E-state index contributed by atoms with van der Waals surface area (Å²) in [5, 5.41) is 10.4. The Morgan fingerprint density at radius 3 is 2.45 bits per heavy atom. The lowest BCUT2D eigenvalue weighted by Gasteiger charge is -2.29. The Morgan fingerprint density at radius 1 is 1.00 bits per heavy atom. The molecule has 3 nitrogen and oxygen atoms in total. The Balaban J connectivity index is 1.75. The molecule has 0 radical (unpaired) electrons. The largest absolute Gasteiger partial charge is 0.378 e. The van der Waals surface area contributed by atoms with Gasteiger partial charge in [0.05, 0.1) is 0 Å². The molecule has 108 valence electrons. The van der Waals surface area contributed by atoms with E-state index in [1.807, 2.05) is 17.0 Å². The van der Waals surface area contributed by atoms with Crippen molar-refractivity contribution in [1.29, 1.82) is 0 Å². The molecule has 1 saturated heterocycles. The third kappa shape index (κ3) is 2.73. The van der Waals surface area contributed by atoms with Crippen LogP contribution in [-0.4, -0.2) is 29.0 Å². The summed E-state index contributed by atoms with van der Waals surface area (Å²) in [6.45, 7) is 1.58. The number of carbonyl (C=O) groups is 1. The zero-order valence-corrected chi connectivity index (χ0v) is 12.0. The van der Waals surface area contributed by atoms with Crippen LogP contribution in [0.2, 0.25) is 0 Å². The van der Waals surface area contributed by atoms with Crippen molar-refractivity contribution < 1.29 is 9.90 Å². The molecule has 1 heterocycles. The fourth-order valence-corrected chi connectivity index (χ4v) is 3.35. The number of nitrogens with zero attached hydrogens (tertiary/aromatic N) is 1. The topological polar surface area (TPSA) is 40.5 Å². The molecule has 1 N–H and O–H groups in total. The van der Waals surface area contributed by atoms with E-state index in [1.165, 1.54) is 30.4 Å². The molecule has 1 unspecified atom stereocenters. The average molecular weight is 273 g/mol. The van der Waals surface area contributed by atoms with Gasteiger partial charge in [0, 0.05) is 13.1 Å². The first-order valence-corrected chi connectivity index (χ1v) is 7.84. The van der Waals surface area contributed by atoms with E-state index in [9.17, 15) is 9.90 Å². The van der Waals surface area contributed by atoms with Crippen LogP contribution in [0, 0.1) is 0 Å². The van der Waals surface area contributed by atoms with Crippen molar-refractivity contribution in [3.8, 4) is 0 Å². The number of hydrogen-bond acceptors (Lipinski definition) is 2. The van der Waals surface area contributed by atoms with Gasteiger partial charge in [0.1, 0.15) is 0 Å². The fraction of sp³-hybridized carbons (Fsp3) is 0.588. The van der Waals surface area contributed by atoms with E-state index in [2.05, 4.69) is 6.07 Å². The van der Waals surface area contributed by atoms with E-state index in [0.29, 0.717) is 0 Å². The Labute approximate surface area is 120 Å². The van der Waals surface area contributed by atoms with Gasteiger partial charge < -0.3 is 10.0 Å². The predicted octanol–water partition coefficient (Wildman–Crippen LogP) is 2.61. The number of likely N-dealkylation sites (tertiary alicyclic amines) is 1. The second-order valence-corrected chi connectivity index (χ2v) is 6.02. The van der Waals surface area contributed by atoms with E-state index < -0.39 is 6.10 Å². The maximum Gasteiger partial charge on any atom is 0.256 e. The van der Waals surface area contributed by atoms with Crippen molar-refractivity contribution in [3.63, 3.8) is 0 Å². The van der Waals surface area contributed by atoms with Crippen LogP contribution in [0.3, 0.4) is 0 Å². The van der Waals surface area contributed by atoms with Crippen LogP contribution in [0.15, 0.2) is 18.2 Å². The van der Waals surface area contributed by atoms with Gasteiger partial charge in [-0.3, -0.25) is 4.79 Å². The molecule has 1 aliphatic heterocycles. The van der Waals surface area contributed by atoms with Gasteiger partial charge >= 0.3 is 0 Å². The Kier molecular flexibility index (Phi) is 4.06. The molecule has 3 rings (SSSR count). The molecule has 1 aromatic rings. The number of rotatable bonds is 2. The molecule has 2 aliphatic rings. The van der Waals surface area contributed by atoms with Crippen LogP contribution in [0.25, 0.3) is 0 Å². The SMILES string of the molecule is O=C(C(O)c1ccc2c(c1)CCCC2)N1CCCCC1. The molecule has 0 bridgehead atoms. The number of fused-ring (bicyclic) bond motifs is 1. The summed E-state index contributed by atoms with van der Waals surface area (Å²) in [7, 11) is 0. The van der Waals surface area contributed by atoms with Gasteiger partial charge in [-0.25, -0.2) is 0 Å². The van der Waals surface area contributed by atoms with Gasteiger partial charge in [-0.1, -0.05) is 18.2 Å². The van der Waals surface area contributed by atoms with E-state index in [1.54, 1.807) is 0 Å². The number of aryl methyl sites for hydroxylation is 2. The van der Waals surface area contributed by atoms with E-state index in [4.69, 9.17) is 0 Å². The number of piperidine rings is 1. The van der Waals surface area contributed by atoms with Gasteiger partial charge in [0.2, 0.25) is 0 Å². The van der Waals surface area contributed by atoms with Crippen LogP contribution in [0.1, 0.15) is 54.9 Å². The molecule has 1 amide bonds. The van der Waals surface area contributed by atoms with Crippen LogP contribution < -0.4 is 0 Å². The maximum absolute atomic E-state index is 12.3. The lowest BCUT2D eigenvalue weighted by Crippen LogP contribution is -2.38. The molecule has 0 spiro atoms. The molecule has 1 aliphatic carbocycles. The molecule has 0 aromatic heterocycles. The van der Waals surface area contributed by atoms with Crippen molar-refractivity contribution in [2.24, 2.45) is 0 Å². The number of carbonyl (C=O) groups excluding carboxylic acids is 1. The van der Waals surface area contributed by atoms with Crippen molar-refractivity contribution in [3.05, 3.63) is 34.9 Å². The normalized spacial score (nSPS) is 20.4. The molecular weight excluding hydrogens is 250 g/mol. The van der Waals surface area contributed by atoms with Crippen LogP contribution >= 0.6 is 0 Å². The molecule has 20 heavy (non-hydrogen) atoms. The lowest BCUT2D eigenvalue weighted by molar-refractivity contribution is -0.141. The van der Waals surface area contributed by atoms with Gasteiger partial charge in [-0.15, -0.1) is 0 Å².